The smallest absolute Gasteiger partial charge is 0.278 e. The molecule has 94 valence electrons. The van der Waals surface area contributed by atoms with Gasteiger partial charge in [-0.05, 0) is 25.2 Å². The minimum Gasteiger partial charge on any atom is -0.382 e. The van der Waals surface area contributed by atoms with Gasteiger partial charge in [-0.15, -0.1) is 0 Å². The summed E-state index contributed by atoms with van der Waals surface area (Å²) in [6.07, 6.45) is 1.63. The van der Waals surface area contributed by atoms with Gasteiger partial charge in [-0.2, -0.15) is 0 Å². The SMILES string of the molecule is CNCCNc1ccc([N+](=O)[O-])c2cccnc12. The van der Waals surface area contributed by atoms with Gasteiger partial charge >= 0.3 is 0 Å². The minimum absolute atomic E-state index is 0.0808. The van der Waals surface area contributed by atoms with Gasteiger partial charge in [0.05, 0.1) is 16.0 Å². The third-order valence-corrected chi connectivity index (χ3v) is 2.63. The van der Waals surface area contributed by atoms with Crippen LogP contribution in [-0.4, -0.2) is 30.0 Å². The largest absolute Gasteiger partial charge is 0.382 e. The van der Waals surface area contributed by atoms with Gasteiger partial charge < -0.3 is 10.6 Å². The van der Waals surface area contributed by atoms with Crippen molar-refractivity contribution in [1.82, 2.24) is 10.3 Å². The van der Waals surface area contributed by atoms with Gasteiger partial charge in [0.25, 0.3) is 5.69 Å². The molecule has 1 aromatic heterocycles. The molecule has 0 fully saturated rings. The number of pyridine rings is 1. The van der Waals surface area contributed by atoms with Crippen LogP contribution in [0.15, 0.2) is 30.5 Å². The van der Waals surface area contributed by atoms with Crippen LogP contribution in [0.25, 0.3) is 10.9 Å². The summed E-state index contributed by atoms with van der Waals surface area (Å²) in [7, 11) is 1.87. The lowest BCUT2D eigenvalue weighted by atomic mass is 10.1. The summed E-state index contributed by atoms with van der Waals surface area (Å²) in [6, 6.07) is 6.62. The van der Waals surface area contributed by atoms with Gasteiger partial charge in [-0.1, -0.05) is 0 Å². The van der Waals surface area contributed by atoms with Gasteiger partial charge in [0.15, 0.2) is 0 Å². The van der Waals surface area contributed by atoms with Crippen LogP contribution >= 0.6 is 0 Å². The normalized spacial score (nSPS) is 10.5. The standard InChI is InChI=1S/C12H14N4O2/c1-13-7-8-14-10-4-5-11(16(17)18)9-3-2-6-15-12(9)10/h2-6,13-14H,7-8H2,1H3. The Balaban J connectivity index is 2.44. The fourth-order valence-electron chi connectivity index (χ4n) is 1.78. The lowest BCUT2D eigenvalue weighted by Gasteiger charge is -2.08. The molecule has 1 heterocycles. The zero-order valence-corrected chi connectivity index (χ0v) is 10.0. The van der Waals surface area contributed by atoms with E-state index in [0.29, 0.717) is 10.9 Å². The predicted octanol–water partition coefficient (Wildman–Crippen LogP) is 1.77. The van der Waals surface area contributed by atoms with Crippen molar-refractivity contribution in [3.63, 3.8) is 0 Å². The van der Waals surface area contributed by atoms with Crippen molar-refractivity contribution in [3.05, 3.63) is 40.6 Å². The molecule has 1 aromatic carbocycles. The Morgan fingerprint density at radius 3 is 2.89 bits per heavy atom. The number of benzene rings is 1. The van der Waals surface area contributed by atoms with E-state index in [-0.39, 0.29) is 10.6 Å². The number of fused-ring (bicyclic) bond motifs is 1. The number of nitro benzene ring substituents is 1. The second kappa shape index (κ2) is 5.42. The Kier molecular flexibility index (Phi) is 3.69. The summed E-state index contributed by atoms with van der Waals surface area (Å²) in [5.41, 5.74) is 1.52. The summed E-state index contributed by atoms with van der Waals surface area (Å²) in [5.74, 6) is 0. The fourth-order valence-corrected chi connectivity index (χ4v) is 1.78. The molecule has 0 unspecified atom stereocenters. The Hall–Kier alpha value is -2.21. The van der Waals surface area contributed by atoms with Gasteiger partial charge in [0.1, 0.15) is 5.52 Å². The number of hydrogen-bond donors (Lipinski definition) is 2. The number of non-ortho nitro benzene ring substituents is 1. The summed E-state index contributed by atoms with van der Waals surface area (Å²) in [4.78, 5) is 14.8. The van der Waals surface area contributed by atoms with E-state index in [1.54, 1.807) is 24.4 Å². The molecule has 2 aromatic rings. The van der Waals surface area contributed by atoms with E-state index in [2.05, 4.69) is 15.6 Å². The van der Waals surface area contributed by atoms with Crippen molar-refractivity contribution < 1.29 is 4.92 Å². The second-order valence-corrected chi connectivity index (χ2v) is 3.82. The van der Waals surface area contributed by atoms with Crippen LogP contribution in [0.3, 0.4) is 0 Å². The summed E-state index contributed by atoms with van der Waals surface area (Å²) in [5, 5.41) is 17.7. The van der Waals surface area contributed by atoms with Crippen LogP contribution in [0.2, 0.25) is 0 Å². The van der Waals surface area contributed by atoms with E-state index in [0.717, 1.165) is 18.8 Å². The monoisotopic (exact) mass is 246 g/mol. The maximum atomic E-state index is 10.9. The Bertz CT molecular complexity index is 571. The molecule has 0 saturated heterocycles. The molecular weight excluding hydrogens is 232 g/mol. The highest BCUT2D eigenvalue weighted by Crippen LogP contribution is 2.29. The molecule has 0 aliphatic heterocycles. The molecular formula is C12H14N4O2. The molecule has 0 bridgehead atoms. The zero-order chi connectivity index (χ0) is 13.0. The number of aromatic nitrogens is 1. The van der Waals surface area contributed by atoms with Gasteiger partial charge in [-0.25, -0.2) is 0 Å². The summed E-state index contributed by atoms with van der Waals surface area (Å²) < 4.78 is 0. The average Bonchev–Trinajstić information content (AvgIpc) is 2.38. The molecule has 18 heavy (non-hydrogen) atoms. The van der Waals surface area contributed by atoms with E-state index in [1.807, 2.05) is 7.05 Å². The van der Waals surface area contributed by atoms with Crippen molar-refractivity contribution in [2.75, 3.05) is 25.5 Å². The first-order valence-electron chi connectivity index (χ1n) is 5.64. The Morgan fingerprint density at radius 2 is 2.17 bits per heavy atom. The van der Waals surface area contributed by atoms with Crippen molar-refractivity contribution in [1.29, 1.82) is 0 Å². The number of nitro groups is 1. The van der Waals surface area contributed by atoms with Crippen molar-refractivity contribution in [2.24, 2.45) is 0 Å². The first kappa shape index (κ1) is 12.3. The first-order chi connectivity index (χ1) is 8.74. The van der Waals surface area contributed by atoms with Crippen LogP contribution in [0.1, 0.15) is 0 Å². The van der Waals surface area contributed by atoms with E-state index in [9.17, 15) is 10.1 Å². The van der Waals surface area contributed by atoms with Crippen molar-refractivity contribution in [3.8, 4) is 0 Å². The van der Waals surface area contributed by atoms with Crippen LogP contribution in [0.5, 0.6) is 0 Å². The quantitative estimate of drug-likeness (QED) is 0.477. The number of likely N-dealkylation sites (N-methyl/N-ethyl adjacent to an activating group) is 1. The molecule has 0 aliphatic carbocycles. The number of nitrogens with one attached hydrogen (secondary N) is 2. The van der Waals surface area contributed by atoms with Crippen molar-refractivity contribution in [2.45, 2.75) is 0 Å². The number of anilines is 1. The lowest BCUT2D eigenvalue weighted by molar-refractivity contribution is -0.383. The summed E-state index contributed by atoms with van der Waals surface area (Å²) >= 11 is 0. The Labute approximate surface area is 104 Å². The highest BCUT2D eigenvalue weighted by molar-refractivity contribution is 5.96. The van der Waals surface area contributed by atoms with E-state index >= 15 is 0 Å². The van der Waals surface area contributed by atoms with Gasteiger partial charge in [0, 0.05) is 25.4 Å². The molecule has 0 spiro atoms. The maximum absolute atomic E-state index is 10.9. The van der Waals surface area contributed by atoms with Gasteiger partial charge in [0.2, 0.25) is 0 Å². The molecule has 0 amide bonds. The average molecular weight is 246 g/mol. The van der Waals surface area contributed by atoms with E-state index in [1.165, 1.54) is 6.07 Å². The fraction of sp³-hybridized carbons (Fsp3) is 0.250. The second-order valence-electron chi connectivity index (χ2n) is 3.82. The maximum Gasteiger partial charge on any atom is 0.278 e. The zero-order valence-electron chi connectivity index (χ0n) is 10.0. The number of hydrogen-bond acceptors (Lipinski definition) is 5. The highest BCUT2D eigenvalue weighted by atomic mass is 16.6. The van der Waals surface area contributed by atoms with Gasteiger partial charge in [-0.3, -0.25) is 15.1 Å². The topological polar surface area (TPSA) is 80.1 Å². The third kappa shape index (κ3) is 2.38. The van der Waals surface area contributed by atoms with Crippen LogP contribution in [0.4, 0.5) is 11.4 Å². The number of nitrogens with zero attached hydrogens (tertiary/aromatic N) is 2. The molecule has 0 saturated carbocycles. The van der Waals surface area contributed by atoms with E-state index < -0.39 is 0 Å². The highest BCUT2D eigenvalue weighted by Gasteiger charge is 2.14. The van der Waals surface area contributed by atoms with Crippen LogP contribution in [-0.2, 0) is 0 Å². The van der Waals surface area contributed by atoms with Crippen LogP contribution in [0, 0.1) is 10.1 Å². The molecule has 6 nitrogen and oxygen atoms in total. The molecule has 0 radical (unpaired) electrons. The van der Waals surface area contributed by atoms with E-state index in [4.69, 9.17) is 0 Å². The number of rotatable bonds is 5. The first-order valence-corrected chi connectivity index (χ1v) is 5.64. The Morgan fingerprint density at radius 1 is 1.33 bits per heavy atom. The minimum atomic E-state index is -0.388. The molecule has 0 aliphatic rings. The molecule has 6 heteroatoms. The molecule has 0 atom stereocenters. The van der Waals surface area contributed by atoms with Crippen molar-refractivity contribution >= 4 is 22.3 Å². The van der Waals surface area contributed by atoms with Crippen LogP contribution < -0.4 is 10.6 Å². The molecule has 2 rings (SSSR count). The lowest BCUT2D eigenvalue weighted by Crippen LogP contribution is -2.17. The molecule has 2 N–H and O–H groups in total. The summed E-state index contributed by atoms with van der Waals surface area (Å²) in [6.45, 7) is 1.55. The third-order valence-electron chi connectivity index (χ3n) is 2.63. The predicted molar refractivity (Wildman–Crippen MR) is 70.8 cm³/mol.